The number of hydrogen-bond acceptors (Lipinski definition) is 7. The number of hydrogen-bond donors (Lipinski definition) is 1. The van der Waals surface area contributed by atoms with E-state index in [-0.39, 0.29) is 30.6 Å². The summed E-state index contributed by atoms with van der Waals surface area (Å²) in [5.41, 5.74) is 2.53. The third-order valence-electron chi connectivity index (χ3n) is 7.40. The molecule has 36 heavy (non-hydrogen) atoms. The SMILES string of the molecule is O=C1CCC(N2C(=O)c3cccc(OCc4ccc(CN5CC6COC(C6)C5)cc4)c3C2=O)C(=O)N1. The van der Waals surface area contributed by atoms with Gasteiger partial charge in [-0.15, -0.1) is 0 Å². The van der Waals surface area contributed by atoms with E-state index in [1.165, 1.54) is 12.0 Å². The van der Waals surface area contributed by atoms with Gasteiger partial charge in [0, 0.05) is 26.1 Å². The predicted molar refractivity (Wildman–Crippen MR) is 127 cm³/mol. The third kappa shape index (κ3) is 4.18. The van der Waals surface area contributed by atoms with Crippen LogP contribution in [0.1, 0.15) is 51.1 Å². The maximum absolute atomic E-state index is 13.2. The molecule has 0 spiro atoms. The van der Waals surface area contributed by atoms with Crippen LogP contribution in [-0.4, -0.2) is 65.3 Å². The molecule has 2 aromatic rings. The molecule has 3 atom stereocenters. The van der Waals surface area contributed by atoms with Crippen molar-refractivity contribution in [3.8, 4) is 5.75 Å². The van der Waals surface area contributed by atoms with Crippen LogP contribution >= 0.6 is 0 Å². The Morgan fingerprint density at radius 2 is 1.78 bits per heavy atom. The van der Waals surface area contributed by atoms with E-state index in [1.807, 2.05) is 12.1 Å². The summed E-state index contributed by atoms with van der Waals surface area (Å²) in [5.74, 6) is -1.21. The molecule has 2 aromatic carbocycles. The molecule has 6 rings (SSSR count). The number of rotatable bonds is 6. The van der Waals surface area contributed by atoms with E-state index in [9.17, 15) is 19.2 Å². The van der Waals surface area contributed by atoms with Crippen LogP contribution in [0.4, 0.5) is 0 Å². The maximum Gasteiger partial charge on any atom is 0.266 e. The Morgan fingerprint density at radius 3 is 2.56 bits per heavy atom. The summed E-state index contributed by atoms with van der Waals surface area (Å²) in [7, 11) is 0. The van der Waals surface area contributed by atoms with Crippen molar-refractivity contribution in [2.24, 2.45) is 5.92 Å². The minimum atomic E-state index is -1.00. The molecule has 4 amide bonds. The van der Waals surface area contributed by atoms with Crippen LogP contribution in [0.3, 0.4) is 0 Å². The molecule has 9 heteroatoms. The van der Waals surface area contributed by atoms with Crippen LogP contribution in [0.5, 0.6) is 5.75 Å². The molecule has 0 radical (unpaired) electrons. The van der Waals surface area contributed by atoms with Gasteiger partial charge >= 0.3 is 0 Å². The molecule has 0 aliphatic carbocycles. The van der Waals surface area contributed by atoms with E-state index >= 15 is 0 Å². The van der Waals surface area contributed by atoms with E-state index < -0.39 is 29.7 Å². The van der Waals surface area contributed by atoms with Gasteiger partial charge in [-0.2, -0.15) is 0 Å². The summed E-state index contributed by atoms with van der Waals surface area (Å²) in [6.07, 6.45) is 1.74. The van der Waals surface area contributed by atoms with Crippen molar-refractivity contribution in [3.63, 3.8) is 0 Å². The largest absolute Gasteiger partial charge is 0.488 e. The maximum atomic E-state index is 13.2. The highest BCUT2D eigenvalue weighted by Crippen LogP contribution is 2.34. The lowest BCUT2D eigenvalue weighted by atomic mass is 9.99. The molecule has 4 aliphatic rings. The Balaban J connectivity index is 1.12. The van der Waals surface area contributed by atoms with Gasteiger partial charge in [-0.1, -0.05) is 30.3 Å². The Morgan fingerprint density at radius 1 is 0.972 bits per heavy atom. The number of likely N-dealkylation sites (tertiary alicyclic amines) is 1. The van der Waals surface area contributed by atoms with Gasteiger partial charge in [0.2, 0.25) is 11.8 Å². The van der Waals surface area contributed by atoms with Crippen molar-refractivity contribution >= 4 is 23.6 Å². The highest BCUT2D eigenvalue weighted by molar-refractivity contribution is 6.24. The highest BCUT2D eigenvalue weighted by atomic mass is 16.5. The monoisotopic (exact) mass is 489 g/mol. The first-order valence-electron chi connectivity index (χ1n) is 12.4. The molecular formula is C27H27N3O6. The van der Waals surface area contributed by atoms with E-state index in [2.05, 4.69) is 22.3 Å². The number of nitrogens with one attached hydrogen (secondary N) is 1. The third-order valence-corrected chi connectivity index (χ3v) is 7.40. The molecule has 2 bridgehead atoms. The summed E-state index contributed by atoms with van der Waals surface area (Å²) in [4.78, 5) is 53.4. The van der Waals surface area contributed by atoms with Gasteiger partial charge in [-0.3, -0.25) is 34.3 Å². The number of amides is 4. The zero-order chi connectivity index (χ0) is 24.8. The standard InChI is InChI=1S/C27H27N3O6/c31-23-9-8-21(25(32)28-23)30-26(33)20-2-1-3-22(24(20)27(30)34)36-14-17-6-4-16(5-7-17)11-29-12-18-10-19(13-29)35-15-18/h1-7,18-19,21H,8-15H2,(H,28,31,32). The van der Waals surface area contributed by atoms with E-state index in [4.69, 9.17) is 9.47 Å². The van der Waals surface area contributed by atoms with Crippen molar-refractivity contribution in [2.75, 3.05) is 19.7 Å². The highest BCUT2D eigenvalue weighted by Gasteiger charge is 2.46. The topological polar surface area (TPSA) is 105 Å². The van der Waals surface area contributed by atoms with Gasteiger partial charge in [-0.05, 0) is 42.0 Å². The number of imide groups is 2. The molecule has 3 fully saturated rings. The van der Waals surface area contributed by atoms with Crippen LogP contribution in [0, 0.1) is 5.92 Å². The first-order valence-corrected chi connectivity index (χ1v) is 12.4. The normalized spacial score (nSPS) is 25.8. The number of nitrogens with zero attached hydrogens (tertiary/aromatic N) is 2. The van der Waals surface area contributed by atoms with Gasteiger partial charge in [0.05, 0.1) is 23.8 Å². The summed E-state index contributed by atoms with van der Waals surface area (Å²) >= 11 is 0. The Bertz CT molecular complexity index is 1230. The summed E-state index contributed by atoms with van der Waals surface area (Å²) in [5, 5.41) is 2.21. The van der Waals surface area contributed by atoms with Gasteiger partial charge in [0.15, 0.2) is 0 Å². The number of piperidine rings is 2. The van der Waals surface area contributed by atoms with Crippen LogP contribution in [0.25, 0.3) is 0 Å². The van der Waals surface area contributed by atoms with Crippen LogP contribution in [0.15, 0.2) is 42.5 Å². The lowest BCUT2D eigenvalue weighted by Crippen LogP contribution is -2.54. The van der Waals surface area contributed by atoms with Crippen molar-refractivity contribution in [3.05, 3.63) is 64.7 Å². The molecule has 9 nitrogen and oxygen atoms in total. The second-order valence-corrected chi connectivity index (χ2v) is 9.98. The molecule has 4 heterocycles. The first-order chi connectivity index (χ1) is 17.5. The Kier molecular flexibility index (Phi) is 5.81. The fourth-order valence-corrected chi connectivity index (χ4v) is 5.66. The van der Waals surface area contributed by atoms with Gasteiger partial charge in [0.25, 0.3) is 11.8 Å². The Labute approximate surface area is 208 Å². The number of fused-ring (bicyclic) bond motifs is 3. The minimum absolute atomic E-state index is 0.0792. The summed E-state index contributed by atoms with van der Waals surface area (Å²) in [6, 6.07) is 12.1. The number of carbonyl (C=O) groups is 4. The first kappa shape index (κ1) is 22.9. The van der Waals surface area contributed by atoms with Gasteiger partial charge < -0.3 is 9.47 Å². The Hall–Kier alpha value is -3.56. The quantitative estimate of drug-likeness (QED) is 0.618. The molecule has 1 N–H and O–H groups in total. The van der Waals surface area contributed by atoms with Crippen molar-refractivity contribution in [1.82, 2.24) is 15.1 Å². The number of carbonyl (C=O) groups excluding carboxylic acids is 4. The van der Waals surface area contributed by atoms with E-state index in [0.29, 0.717) is 17.8 Å². The fourth-order valence-electron chi connectivity index (χ4n) is 5.66. The summed E-state index contributed by atoms with van der Waals surface area (Å²) < 4.78 is 11.8. The second-order valence-electron chi connectivity index (χ2n) is 9.98. The molecule has 3 unspecified atom stereocenters. The average molecular weight is 490 g/mol. The number of ether oxygens (including phenoxy) is 2. The second kappa shape index (κ2) is 9.15. The average Bonchev–Trinajstić information content (AvgIpc) is 3.34. The summed E-state index contributed by atoms with van der Waals surface area (Å²) in [6.45, 7) is 4.04. The molecule has 0 saturated carbocycles. The van der Waals surface area contributed by atoms with E-state index in [0.717, 1.165) is 36.7 Å². The molecule has 4 aliphatic heterocycles. The zero-order valence-corrected chi connectivity index (χ0v) is 19.8. The van der Waals surface area contributed by atoms with Crippen molar-refractivity contribution in [1.29, 1.82) is 0 Å². The predicted octanol–water partition coefficient (Wildman–Crippen LogP) is 1.89. The van der Waals surface area contributed by atoms with Crippen molar-refractivity contribution in [2.45, 2.75) is 44.6 Å². The van der Waals surface area contributed by atoms with Crippen molar-refractivity contribution < 1.29 is 28.7 Å². The molecule has 3 saturated heterocycles. The van der Waals surface area contributed by atoms with Crippen LogP contribution in [0.2, 0.25) is 0 Å². The fraction of sp³-hybridized carbons (Fsp3) is 0.407. The van der Waals surface area contributed by atoms with Crippen LogP contribution < -0.4 is 10.1 Å². The zero-order valence-electron chi connectivity index (χ0n) is 19.8. The van der Waals surface area contributed by atoms with Gasteiger partial charge in [0.1, 0.15) is 18.4 Å². The lowest BCUT2D eigenvalue weighted by molar-refractivity contribution is -0.136. The molecule has 186 valence electrons. The lowest BCUT2D eigenvalue weighted by Gasteiger charge is -2.30. The molecular weight excluding hydrogens is 462 g/mol. The number of benzene rings is 2. The van der Waals surface area contributed by atoms with Crippen LogP contribution in [-0.2, 0) is 27.5 Å². The smallest absolute Gasteiger partial charge is 0.266 e. The molecule has 0 aromatic heterocycles. The van der Waals surface area contributed by atoms with E-state index in [1.54, 1.807) is 18.2 Å². The van der Waals surface area contributed by atoms with Gasteiger partial charge in [-0.25, -0.2) is 0 Å². The minimum Gasteiger partial charge on any atom is -0.488 e.